The van der Waals surface area contributed by atoms with E-state index in [0.717, 1.165) is 64.2 Å². The van der Waals surface area contributed by atoms with Gasteiger partial charge in [0.1, 0.15) is 12.6 Å². The quantitative estimate of drug-likeness (QED) is 0.0261. The molecule has 0 aliphatic heterocycles. The van der Waals surface area contributed by atoms with E-state index in [1.54, 1.807) is 21.1 Å². The first kappa shape index (κ1) is 57.5. The van der Waals surface area contributed by atoms with Crippen LogP contribution in [0.1, 0.15) is 181 Å². The van der Waals surface area contributed by atoms with Crippen molar-refractivity contribution in [3.05, 3.63) is 85.1 Å². The van der Waals surface area contributed by atoms with Crippen LogP contribution in [-0.4, -0.2) is 75.5 Å². The molecule has 0 spiro atoms. The second kappa shape index (κ2) is 43.2. The normalized spacial score (nSPS) is 13.7. The van der Waals surface area contributed by atoms with Crippen molar-refractivity contribution in [1.29, 1.82) is 0 Å². The third-order valence-corrected chi connectivity index (χ3v) is 10.3. The minimum atomic E-state index is -1.14. The number of ether oxygens (including phenoxy) is 3. The Balaban J connectivity index is 4.41. The summed E-state index contributed by atoms with van der Waals surface area (Å²) in [5.41, 5.74) is 0. The van der Waals surface area contributed by atoms with Crippen molar-refractivity contribution in [2.45, 2.75) is 193 Å². The second-order valence-electron chi connectivity index (χ2n) is 17.0. The largest absolute Gasteiger partial charge is 0.544 e. The Kier molecular flexibility index (Phi) is 40.7. The van der Waals surface area contributed by atoms with Gasteiger partial charge in [-0.25, -0.2) is 0 Å². The Hall–Kier alpha value is -3.49. The van der Waals surface area contributed by atoms with Gasteiger partial charge in [0.25, 0.3) is 0 Å². The molecule has 2 atom stereocenters. The van der Waals surface area contributed by atoms with Crippen molar-refractivity contribution in [3.8, 4) is 0 Å². The summed E-state index contributed by atoms with van der Waals surface area (Å²) in [6.07, 6.45) is 56.1. The van der Waals surface area contributed by atoms with Gasteiger partial charge in [-0.2, -0.15) is 0 Å². The molecule has 0 heterocycles. The van der Waals surface area contributed by atoms with Crippen molar-refractivity contribution < 1.29 is 38.2 Å². The SMILES string of the molecule is CC/C=C/C/C=C/C/C=C/C/C=C/C/C=C/C/C=C/CCCC(=O)OCC(COCCC(C(=O)[O-])[N+](C)(C)C)OC(=O)CCCCCCCCC/C=C/CCCCCCCC. The number of hydrogen-bond donors (Lipinski definition) is 0. The molecule has 8 nitrogen and oxygen atoms in total. The van der Waals surface area contributed by atoms with Gasteiger partial charge in [-0.1, -0.05) is 163 Å². The maximum Gasteiger partial charge on any atom is 0.306 e. The molecule has 0 fully saturated rings. The highest BCUT2D eigenvalue weighted by atomic mass is 16.6. The molecule has 8 heteroatoms. The molecule has 0 aromatic carbocycles. The van der Waals surface area contributed by atoms with Gasteiger partial charge in [0.2, 0.25) is 0 Å². The molecule has 0 saturated heterocycles. The summed E-state index contributed by atoms with van der Waals surface area (Å²) in [5, 5.41) is 11.6. The fraction of sp³-hybridized carbons (Fsp3) is 0.679. The second-order valence-corrected chi connectivity index (χ2v) is 17.0. The van der Waals surface area contributed by atoms with Crippen molar-refractivity contribution in [2.24, 2.45) is 0 Å². The number of quaternary nitrogens is 1. The number of rotatable bonds is 42. The predicted octanol–water partition coefficient (Wildman–Crippen LogP) is 12.4. The van der Waals surface area contributed by atoms with Crippen LogP contribution in [0.5, 0.6) is 0 Å². The minimum absolute atomic E-state index is 0.0166. The minimum Gasteiger partial charge on any atom is -0.544 e. The molecule has 0 aromatic rings. The zero-order chi connectivity index (χ0) is 44.9. The summed E-state index contributed by atoms with van der Waals surface area (Å²) in [4.78, 5) is 36.9. The topological polar surface area (TPSA) is 102 Å². The lowest BCUT2D eigenvalue weighted by Crippen LogP contribution is -2.55. The lowest BCUT2D eigenvalue weighted by molar-refractivity contribution is -0.889. The van der Waals surface area contributed by atoms with Gasteiger partial charge in [0.05, 0.1) is 40.3 Å². The van der Waals surface area contributed by atoms with Crippen LogP contribution < -0.4 is 5.11 Å². The highest BCUT2D eigenvalue weighted by Crippen LogP contribution is 2.13. The Morgan fingerprint density at radius 2 is 0.934 bits per heavy atom. The van der Waals surface area contributed by atoms with Gasteiger partial charge in [0.15, 0.2) is 6.10 Å². The number of unbranched alkanes of at least 4 members (excludes halogenated alkanes) is 14. The van der Waals surface area contributed by atoms with Crippen LogP contribution in [0.4, 0.5) is 0 Å². The lowest BCUT2D eigenvalue weighted by Gasteiger charge is -2.34. The Morgan fingerprint density at radius 1 is 0.508 bits per heavy atom. The van der Waals surface area contributed by atoms with Gasteiger partial charge in [-0.3, -0.25) is 9.59 Å². The zero-order valence-electron chi connectivity index (χ0n) is 39.5. The van der Waals surface area contributed by atoms with E-state index in [4.69, 9.17) is 14.2 Å². The number of nitrogens with zero attached hydrogens (tertiary/aromatic N) is 1. The summed E-state index contributed by atoms with van der Waals surface area (Å²) < 4.78 is 17.1. The zero-order valence-corrected chi connectivity index (χ0v) is 39.5. The summed E-state index contributed by atoms with van der Waals surface area (Å²) >= 11 is 0. The first-order chi connectivity index (χ1) is 29.6. The third kappa shape index (κ3) is 41.6. The molecule has 0 bridgehead atoms. The number of esters is 2. The molecule has 348 valence electrons. The monoisotopic (exact) mass is 852 g/mol. The van der Waals surface area contributed by atoms with Gasteiger partial charge in [-0.15, -0.1) is 0 Å². The van der Waals surface area contributed by atoms with Crippen LogP contribution in [0.15, 0.2) is 85.1 Å². The molecule has 0 aromatic heterocycles. The van der Waals surface area contributed by atoms with E-state index < -0.39 is 18.1 Å². The maximum atomic E-state index is 12.8. The molecule has 0 radical (unpaired) electrons. The Morgan fingerprint density at radius 3 is 1.43 bits per heavy atom. The van der Waals surface area contributed by atoms with Crippen molar-refractivity contribution in [1.82, 2.24) is 0 Å². The predicted molar refractivity (Wildman–Crippen MR) is 254 cm³/mol. The van der Waals surface area contributed by atoms with E-state index in [0.29, 0.717) is 12.8 Å². The molecule has 0 aliphatic rings. The first-order valence-corrected chi connectivity index (χ1v) is 24.1. The highest BCUT2D eigenvalue weighted by Gasteiger charge is 2.25. The Bertz CT molecular complexity index is 1270. The van der Waals surface area contributed by atoms with Crippen molar-refractivity contribution in [2.75, 3.05) is 41.0 Å². The van der Waals surface area contributed by atoms with Crippen LogP contribution in [0.2, 0.25) is 0 Å². The van der Waals surface area contributed by atoms with E-state index in [1.165, 1.54) is 77.0 Å². The third-order valence-electron chi connectivity index (χ3n) is 10.3. The average Bonchev–Trinajstić information content (AvgIpc) is 3.22. The Labute approximate surface area is 373 Å². The van der Waals surface area contributed by atoms with Crippen LogP contribution >= 0.6 is 0 Å². The summed E-state index contributed by atoms with van der Waals surface area (Å²) in [5.74, 6) is -1.82. The van der Waals surface area contributed by atoms with Gasteiger partial charge in [-0.05, 0) is 83.5 Å². The standard InChI is InChI=1S/C53H89NO7/c1-6-8-10-12-14-16-18-20-22-24-25-26-28-29-31-33-35-37-39-41-43-51(55)60-48-49(47-59-46-45-50(53(57)58)54(3,4)5)61-52(56)44-42-40-38-36-34-32-30-27-23-21-19-17-15-13-11-9-7-2/h8,10,14,16,20-23,25-26,29,31,35,37,49-50H,6-7,9,11-13,15,17-19,24,27-28,30,32-34,36,38-48H2,1-5H3/b10-8+,16-14+,22-20+,23-21+,26-25+,31-29+,37-35+. The smallest absolute Gasteiger partial charge is 0.306 e. The number of carbonyl (C=O) groups is 3. The number of allylic oxidation sites excluding steroid dienone is 14. The summed E-state index contributed by atoms with van der Waals surface area (Å²) in [6.45, 7) is 4.47. The number of carboxylic acid groups (broad SMARTS) is 1. The molecule has 0 saturated carbocycles. The fourth-order valence-electron chi connectivity index (χ4n) is 6.55. The van der Waals surface area contributed by atoms with Crippen LogP contribution in [0.3, 0.4) is 0 Å². The highest BCUT2D eigenvalue weighted by molar-refractivity contribution is 5.70. The first-order valence-electron chi connectivity index (χ1n) is 24.1. The van der Waals surface area contributed by atoms with E-state index in [-0.39, 0.29) is 49.1 Å². The average molecular weight is 852 g/mol. The molecular formula is C53H89NO7. The summed E-state index contributed by atoms with van der Waals surface area (Å²) in [6, 6.07) is -0.739. The van der Waals surface area contributed by atoms with Gasteiger partial charge in [0, 0.05) is 19.3 Å². The number of likely N-dealkylation sites (N-methyl/N-ethyl adjacent to an activating group) is 1. The fourth-order valence-corrected chi connectivity index (χ4v) is 6.55. The number of carbonyl (C=O) groups excluding carboxylic acids is 3. The van der Waals surface area contributed by atoms with Crippen LogP contribution in [0.25, 0.3) is 0 Å². The van der Waals surface area contributed by atoms with Gasteiger partial charge < -0.3 is 28.6 Å². The molecule has 0 rings (SSSR count). The van der Waals surface area contributed by atoms with Crippen LogP contribution in [0, 0.1) is 0 Å². The van der Waals surface area contributed by atoms with Crippen molar-refractivity contribution in [3.63, 3.8) is 0 Å². The molecule has 2 unspecified atom stereocenters. The van der Waals surface area contributed by atoms with E-state index in [2.05, 4.69) is 98.9 Å². The maximum absolute atomic E-state index is 12.8. The number of aliphatic carboxylic acids is 1. The van der Waals surface area contributed by atoms with Crippen LogP contribution in [-0.2, 0) is 28.6 Å². The van der Waals surface area contributed by atoms with E-state index in [1.807, 2.05) is 0 Å². The van der Waals surface area contributed by atoms with E-state index in [9.17, 15) is 19.5 Å². The number of hydrogen-bond acceptors (Lipinski definition) is 7. The van der Waals surface area contributed by atoms with E-state index >= 15 is 0 Å². The lowest BCUT2D eigenvalue weighted by atomic mass is 10.1. The van der Waals surface area contributed by atoms with Crippen molar-refractivity contribution >= 4 is 17.9 Å². The van der Waals surface area contributed by atoms with Gasteiger partial charge >= 0.3 is 11.9 Å². The molecule has 61 heavy (non-hydrogen) atoms. The summed E-state index contributed by atoms with van der Waals surface area (Å²) in [7, 11) is 5.39. The molecule has 0 amide bonds. The molecule has 0 N–H and O–H groups in total. The molecular weight excluding hydrogens is 763 g/mol. The number of carboxylic acids is 1. The molecule has 0 aliphatic carbocycles.